The van der Waals surface area contributed by atoms with E-state index in [9.17, 15) is 13.0 Å². The minimum atomic E-state index is -3.88. The zero-order chi connectivity index (χ0) is 19.5. The predicted molar refractivity (Wildman–Crippen MR) is 111 cm³/mol. The van der Waals surface area contributed by atoms with Gasteiger partial charge in [-0.3, -0.25) is 4.55 Å². The summed E-state index contributed by atoms with van der Waals surface area (Å²) in [5.74, 6) is 0. The first-order chi connectivity index (χ1) is 12.5. The van der Waals surface area contributed by atoms with Gasteiger partial charge in [0.05, 0.1) is 5.25 Å². The summed E-state index contributed by atoms with van der Waals surface area (Å²) in [5.41, 5.74) is 0. The monoisotopic (exact) mass is 392 g/mol. The van der Waals surface area contributed by atoms with E-state index in [0.717, 1.165) is 44.9 Å². The van der Waals surface area contributed by atoms with E-state index in [1.165, 1.54) is 57.8 Å². The lowest BCUT2D eigenvalue weighted by Gasteiger charge is -2.13. The fourth-order valence-corrected chi connectivity index (χ4v) is 4.42. The Morgan fingerprint density at radius 3 is 1.31 bits per heavy atom. The third-order valence-corrected chi connectivity index (χ3v) is 6.55. The van der Waals surface area contributed by atoms with Crippen LogP contribution in [0.3, 0.4) is 0 Å². The molecule has 0 aromatic carbocycles. The van der Waals surface area contributed by atoms with Gasteiger partial charge in [0.1, 0.15) is 0 Å². The molecular formula is C21H44O4S. The Labute approximate surface area is 162 Å². The highest BCUT2D eigenvalue weighted by molar-refractivity contribution is 7.86. The highest BCUT2D eigenvalue weighted by Crippen LogP contribution is 2.19. The van der Waals surface area contributed by atoms with Gasteiger partial charge in [-0.25, -0.2) is 0 Å². The average molecular weight is 393 g/mol. The summed E-state index contributed by atoms with van der Waals surface area (Å²) in [6.45, 7) is 2.43. The maximum Gasteiger partial charge on any atom is 0.267 e. The Hall–Kier alpha value is -0.130. The lowest BCUT2D eigenvalue weighted by Crippen LogP contribution is -2.20. The van der Waals surface area contributed by atoms with E-state index in [4.69, 9.17) is 5.11 Å². The molecule has 1 atom stereocenters. The second kappa shape index (κ2) is 18.2. The van der Waals surface area contributed by atoms with Crippen LogP contribution in [0.4, 0.5) is 0 Å². The molecule has 0 aromatic rings. The van der Waals surface area contributed by atoms with Gasteiger partial charge in [-0.1, -0.05) is 103 Å². The third-order valence-electron chi connectivity index (χ3n) is 5.24. The van der Waals surface area contributed by atoms with Crippen LogP contribution in [0.25, 0.3) is 0 Å². The lowest BCUT2D eigenvalue weighted by atomic mass is 10.0. The summed E-state index contributed by atoms with van der Waals surface area (Å²) < 4.78 is 32.2. The summed E-state index contributed by atoms with van der Waals surface area (Å²) in [6.07, 6.45) is 19.8. The molecule has 0 bridgehead atoms. The smallest absolute Gasteiger partial charge is 0.267 e. The van der Waals surface area contributed by atoms with E-state index in [1.54, 1.807) is 0 Å². The fourth-order valence-electron chi connectivity index (χ4n) is 3.49. The molecule has 4 nitrogen and oxygen atoms in total. The molecule has 2 N–H and O–H groups in total. The largest absolute Gasteiger partial charge is 0.396 e. The van der Waals surface area contributed by atoms with Crippen LogP contribution in [0.2, 0.25) is 0 Å². The van der Waals surface area contributed by atoms with Crippen LogP contribution in [0, 0.1) is 0 Å². The van der Waals surface area contributed by atoms with Crippen molar-refractivity contribution in [2.24, 2.45) is 0 Å². The Morgan fingerprint density at radius 2 is 0.962 bits per heavy atom. The molecule has 0 spiro atoms. The fraction of sp³-hybridized carbons (Fsp3) is 1.00. The number of hydrogen-bond donors (Lipinski definition) is 2. The third kappa shape index (κ3) is 17.3. The van der Waals surface area contributed by atoms with Crippen molar-refractivity contribution in [3.63, 3.8) is 0 Å². The normalized spacial score (nSPS) is 13.2. The first-order valence-corrected chi connectivity index (χ1v) is 12.6. The van der Waals surface area contributed by atoms with Crippen LogP contribution in [0.5, 0.6) is 0 Å². The molecule has 0 fully saturated rings. The van der Waals surface area contributed by atoms with Crippen LogP contribution >= 0.6 is 0 Å². The second-order valence-electron chi connectivity index (χ2n) is 7.74. The van der Waals surface area contributed by atoms with E-state index in [-0.39, 0.29) is 0 Å². The highest BCUT2D eigenvalue weighted by atomic mass is 32.2. The SMILES string of the molecule is CCCCCC(CCCCCCCCCCCCCCCO)S(=O)(=O)O. The molecule has 5 heteroatoms. The molecule has 0 aromatic heterocycles. The lowest BCUT2D eigenvalue weighted by molar-refractivity contribution is 0.282. The van der Waals surface area contributed by atoms with Crippen LogP contribution in [-0.4, -0.2) is 29.9 Å². The zero-order valence-electron chi connectivity index (χ0n) is 17.1. The topological polar surface area (TPSA) is 74.6 Å². The van der Waals surface area contributed by atoms with Crippen molar-refractivity contribution in [1.82, 2.24) is 0 Å². The summed E-state index contributed by atoms with van der Waals surface area (Å²) in [6, 6.07) is 0. The van der Waals surface area contributed by atoms with Crippen LogP contribution in [0.1, 0.15) is 122 Å². The first-order valence-electron chi connectivity index (χ1n) is 11.1. The Balaban J connectivity index is 3.45. The van der Waals surface area contributed by atoms with E-state index < -0.39 is 15.4 Å². The molecular weight excluding hydrogens is 348 g/mol. The molecule has 0 aliphatic heterocycles. The Morgan fingerprint density at radius 1 is 0.615 bits per heavy atom. The first kappa shape index (κ1) is 25.9. The molecule has 0 rings (SSSR count). The molecule has 0 radical (unpaired) electrons. The molecule has 0 amide bonds. The van der Waals surface area contributed by atoms with Crippen LogP contribution < -0.4 is 0 Å². The molecule has 26 heavy (non-hydrogen) atoms. The molecule has 1 unspecified atom stereocenters. The van der Waals surface area contributed by atoms with Gasteiger partial charge in [0.15, 0.2) is 0 Å². The minimum Gasteiger partial charge on any atom is -0.396 e. The molecule has 158 valence electrons. The summed E-state index contributed by atoms with van der Waals surface area (Å²) >= 11 is 0. The Bertz CT molecular complexity index is 381. The quantitative estimate of drug-likeness (QED) is 0.189. The second-order valence-corrected chi connectivity index (χ2v) is 9.44. The maximum atomic E-state index is 11.4. The predicted octanol–water partition coefficient (Wildman–Crippen LogP) is 6.28. The van der Waals surface area contributed by atoms with Crippen molar-refractivity contribution >= 4 is 10.1 Å². The molecule has 0 saturated carbocycles. The van der Waals surface area contributed by atoms with Gasteiger partial charge < -0.3 is 5.11 Å². The van der Waals surface area contributed by atoms with E-state index in [1.807, 2.05) is 0 Å². The summed E-state index contributed by atoms with van der Waals surface area (Å²) in [4.78, 5) is 0. The standard InChI is InChI=1S/C21H44O4S/c1-2-3-15-18-21(26(23,24)25)19-16-13-11-9-7-5-4-6-8-10-12-14-17-20-22/h21-22H,2-20H2,1H3,(H,23,24,25). The Kier molecular flexibility index (Phi) is 18.2. The summed E-state index contributed by atoms with van der Waals surface area (Å²) in [7, 11) is -3.88. The minimum absolute atomic E-state index is 0.329. The van der Waals surface area contributed by atoms with Gasteiger partial charge >= 0.3 is 0 Å². The van der Waals surface area contributed by atoms with Gasteiger partial charge in [-0.05, 0) is 19.3 Å². The van der Waals surface area contributed by atoms with Crippen molar-refractivity contribution in [3.8, 4) is 0 Å². The number of rotatable bonds is 20. The maximum absolute atomic E-state index is 11.4. The van der Waals surface area contributed by atoms with Gasteiger partial charge in [-0.2, -0.15) is 8.42 Å². The number of hydrogen-bond acceptors (Lipinski definition) is 3. The van der Waals surface area contributed by atoms with Gasteiger partial charge in [0, 0.05) is 6.61 Å². The van der Waals surface area contributed by atoms with E-state index in [0.29, 0.717) is 19.4 Å². The zero-order valence-corrected chi connectivity index (χ0v) is 17.9. The van der Waals surface area contributed by atoms with E-state index >= 15 is 0 Å². The molecule has 0 aliphatic rings. The summed E-state index contributed by atoms with van der Waals surface area (Å²) in [5, 5.41) is 8.16. The van der Waals surface area contributed by atoms with Crippen molar-refractivity contribution < 1.29 is 18.1 Å². The van der Waals surface area contributed by atoms with Crippen molar-refractivity contribution in [2.75, 3.05) is 6.61 Å². The molecule has 0 saturated heterocycles. The van der Waals surface area contributed by atoms with E-state index in [2.05, 4.69) is 6.92 Å². The van der Waals surface area contributed by atoms with Crippen molar-refractivity contribution in [2.45, 2.75) is 128 Å². The van der Waals surface area contributed by atoms with Crippen molar-refractivity contribution in [1.29, 1.82) is 0 Å². The van der Waals surface area contributed by atoms with Gasteiger partial charge in [0.25, 0.3) is 10.1 Å². The van der Waals surface area contributed by atoms with Gasteiger partial charge in [0.2, 0.25) is 0 Å². The number of aliphatic hydroxyl groups is 1. The number of aliphatic hydroxyl groups excluding tert-OH is 1. The highest BCUT2D eigenvalue weighted by Gasteiger charge is 2.21. The molecule has 0 aliphatic carbocycles. The molecule has 0 heterocycles. The van der Waals surface area contributed by atoms with Crippen LogP contribution in [0.15, 0.2) is 0 Å². The average Bonchev–Trinajstić information content (AvgIpc) is 2.59. The number of unbranched alkanes of at least 4 members (excludes halogenated alkanes) is 14. The van der Waals surface area contributed by atoms with Gasteiger partial charge in [-0.15, -0.1) is 0 Å². The van der Waals surface area contributed by atoms with Crippen LogP contribution in [-0.2, 0) is 10.1 Å². The van der Waals surface area contributed by atoms with Crippen molar-refractivity contribution in [3.05, 3.63) is 0 Å².